The van der Waals surface area contributed by atoms with Gasteiger partial charge in [-0.15, -0.1) is 0 Å². The number of halogens is 3. The Hall–Kier alpha value is -1.25. The van der Waals surface area contributed by atoms with Crippen molar-refractivity contribution in [2.45, 2.75) is 13.1 Å². The van der Waals surface area contributed by atoms with Gasteiger partial charge in [-0.2, -0.15) is 13.2 Å². The minimum atomic E-state index is -4.24. The van der Waals surface area contributed by atoms with Crippen molar-refractivity contribution in [1.29, 1.82) is 0 Å². The van der Waals surface area contributed by atoms with Crippen molar-refractivity contribution in [3.63, 3.8) is 0 Å². The second-order valence-corrected chi connectivity index (χ2v) is 2.73. The zero-order valence-electron chi connectivity index (χ0n) is 7.10. The van der Waals surface area contributed by atoms with Crippen molar-refractivity contribution in [2.75, 3.05) is 0 Å². The van der Waals surface area contributed by atoms with Crippen molar-refractivity contribution in [3.05, 3.63) is 42.0 Å². The first-order valence-corrected chi connectivity index (χ1v) is 3.80. The molecule has 0 saturated carbocycles. The molecule has 0 N–H and O–H groups in total. The summed E-state index contributed by atoms with van der Waals surface area (Å²) in [4.78, 5) is 0. The lowest BCUT2D eigenvalue weighted by molar-refractivity contribution is -0.0793. The van der Waals surface area contributed by atoms with E-state index in [9.17, 15) is 13.2 Å². The first kappa shape index (κ1) is 9.84. The molecule has 0 saturated heterocycles. The van der Waals surface area contributed by atoms with Crippen LogP contribution in [0.2, 0.25) is 0 Å². The molecule has 1 aromatic carbocycles. The van der Waals surface area contributed by atoms with E-state index >= 15 is 0 Å². The Bertz CT molecular complexity index is 296. The normalized spacial score (nSPS) is 13.1. The van der Waals surface area contributed by atoms with Crippen LogP contribution >= 0.6 is 0 Å². The van der Waals surface area contributed by atoms with E-state index in [0.29, 0.717) is 11.6 Å². The molecule has 70 valence electrons. The van der Waals surface area contributed by atoms with Gasteiger partial charge in [-0.3, -0.25) is 0 Å². The van der Waals surface area contributed by atoms with E-state index in [4.69, 9.17) is 0 Å². The molecule has 3 heteroatoms. The molecule has 0 aliphatic heterocycles. The molecule has 0 atom stereocenters. The van der Waals surface area contributed by atoms with Crippen molar-refractivity contribution < 1.29 is 13.2 Å². The molecule has 0 unspecified atom stereocenters. The highest BCUT2D eigenvalue weighted by molar-refractivity contribution is 5.63. The minimum Gasteiger partial charge on any atom is -0.167 e. The van der Waals surface area contributed by atoms with Gasteiger partial charge >= 0.3 is 6.18 Å². The van der Waals surface area contributed by atoms with Crippen molar-refractivity contribution in [2.24, 2.45) is 0 Å². The fraction of sp³-hybridized carbons (Fsp3) is 0.200. The Labute approximate surface area is 74.7 Å². The largest absolute Gasteiger partial charge is 0.410 e. The van der Waals surface area contributed by atoms with Gasteiger partial charge < -0.3 is 0 Å². The van der Waals surface area contributed by atoms with Gasteiger partial charge in [0.1, 0.15) is 0 Å². The van der Waals surface area contributed by atoms with Crippen LogP contribution in [-0.4, -0.2) is 6.18 Å². The fourth-order valence-electron chi connectivity index (χ4n) is 1.03. The van der Waals surface area contributed by atoms with Gasteiger partial charge in [0.05, 0.1) is 0 Å². The van der Waals surface area contributed by atoms with Crippen LogP contribution in [0.15, 0.2) is 36.4 Å². The zero-order valence-corrected chi connectivity index (χ0v) is 7.10. The maximum atomic E-state index is 11.9. The lowest BCUT2D eigenvalue weighted by atomic mass is 10.1. The summed E-state index contributed by atoms with van der Waals surface area (Å²) in [6.07, 6.45) is -3.93. The zero-order chi connectivity index (χ0) is 9.90. The monoisotopic (exact) mass is 186 g/mol. The van der Waals surface area contributed by atoms with Gasteiger partial charge in [-0.25, -0.2) is 0 Å². The van der Waals surface area contributed by atoms with Gasteiger partial charge in [-0.05, 0) is 18.1 Å². The van der Waals surface area contributed by atoms with Crippen LogP contribution in [-0.2, 0) is 0 Å². The average Bonchev–Trinajstić information content (AvgIpc) is 2.03. The lowest BCUT2D eigenvalue weighted by Gasteiger charge is -2.03. The summed E-state index contributed by atoms with van der Waals surface area (Å²) in [6.45, 7) is 1.45. The molecule has 0 aliphatic rings. The summed E-state index contributed by atoms with van der Waals surface area (Å²) in [6, 6.07) is 8.49. The van der Waals surface area contributed by atoms with Crippen LogP contribution in [0.25, 0.3) is 5.57 Å². The SMILES string of the molecule is CC(=CC(F)(F)F)c1ccccc1. The number of hydrogen-bond acceptors (Lipinski definition) is 0. The summed E-state index contributed by atoms with van der Waals surface area (Å²) < 4.78 is 35.7. The Morgan fingerprint density at radius 2 is 1.69 bits per heavy atom. The van der Waals surface area contributed by atoms with E-state index in [1.165, 1.54) is 6.92 Å². The van der Waals surface area contributed by atoms with Crippen molar-refractivity contribution in [3.8, 4) is 0 Å². The van der Waals surface area contributed by atoms with E-state index in [1.54, 1.807) is 30.3 Å². The third kappa shape index (κ3) is 3.32. The molecule has 0 nitrogen and oxygen atoms in total. The standard InChI is InChI=1S/C10H9F3/c1-8(7-10(11,12)13)9-5-3-2-4-6-9/h2-7H,1H3. The molecular weight excluding hydrogens is 177 g/mol. The van der Waals surface area contributed by atoms with E-state index in [0.717, 1.165) is 0 Å². The van der Waals surface area contributed by atoms with Gasteiger partial charge in [0.25, 0.3) is 0 Å². The van der Waals surface area contributed by atoms with Gasteiger partial charge in [-0.1, -0.05) is 30.3 Å². The topological polar surface area (TPSA) is 0 Å². The second kappa shape index (κ2) is 3.64. The van der Waals surface area contributed by atoms with E-state index < -0.39 is 6.18 Å². The van der Waals surface area contributed by atoms with Crippen LogP contribution in [0.3, 0.4) is 0 Å². The molecule has 1 aromatic rings. The third-order valence-corrected chi connectivity index (χ3v) is 1.61. The quantitative estimate of drug-likeness (QED) is 0.628. The van der Waals surface area contributed by atoms with Crippen LogP contribution in [0.4, 0.5) is 13.2 Å². The van der Waals surface area contributed by atoms with Gasteiger partial charge in [0.15, 0.2) is 0 Å². The molecule has 0 radical (unpaired) electrons. The first-order valence-electron chi connectivity index (χ1n) is 3.80. The predicted molar refractivity (Wildman–Crippen MR) is 46.1 cm³/mol. The number of benzene rings is 1. The Morgan fingerprint density at radius 3 is 2.15 bits per heavy atom. The summed E-state index contributed by atoms with van der Waals surface area (Å²) in [5.41, 5.74) is 0.827. The Kier molecular flexibility index (Phi) is 2.76. The highest BCUT2D eigenvalue weighted by atomic mass is 19.4. The molecule has 0 amide bonds. The smallest absolute Gasteiger partial charge is 0.167 e. The van der Waals surface area contributed by atoms with E-state index in [1.807, 2.05) is 0 Å². The Morgan fingerprint density at radius 1 is 1.15 bits per heavy atom. The molecule has 0 fully saturated rings. The maximum Gasteiger partial charge on any atom is 0.410 e. The fourth-order valence-corrected chi connectivity index (χ4v) is 1.03. The molecule has 0 heterocycles. The average molecular weight is 186 g/mol. The number of allylic oxidation sites excluding steroid dienone is 2. The minimum absolute atomic E-state index is 0.230. The van der Waals surface area contributed by atoms with Crippen LogP contribution in [0.5, 0.6) is 0 Å². The molecule has 1 rings (SSSR count). The maximum absolute atomic E-state index is 11.9. The van der Waals surface area contributed by atoms with Gasteiger partial charge in [0, 0.05) is 6.08 Å². The summed E-state index contributed by atoms with van der Waals surface area (Å²) >= 11 is 0. The summed E-state index contributed by atoms with van der Waals surface area (Å²) in [5, 5.41) is 0. The van der Waals surface area contributed by atoms with Gasteiger partial charge in [0.2, 0.25) is 0 Å². The third-order valence-electron chi connectivity index (χ3n) is 1.61. The molecule has 0 aliphatic carbocycles. The summed E-state index contributed by atoms with van der Waals surface area (Å²) in [5.74, 6) is 0. The van der Waals surface area contributed by atoms with Crippen LogP contribution in [0.1, 0.15) is 12.5 Å². The number of alkyl halides is 3. The Balaban J connectivity index is 2.92. The van der Waals surface area contributed by atoms with Crippen LogP contribution < -0.4 is 0 Å². The highest BCUT2D eigenvalue weighted by Gasteiger charge is 2.23. The van der Waals surface area contributed by atoms with E-state index in [-0.39, 0.29) is 5.57 Å². The summed E-state index contributed by atoms with van der Waals surface area (Å²) in [7, 11) is 0. The molecule has 0 bridgehead atoms. The second-order valence-electron chi connectivity index (χ2n) is 2.73. The van der Waals surface area contributed by atoms with Crippen LogP contribution in [0, 0.1) is 0 Å². The molecular formula is C10H9F3. The lowest BCUT2D eigenvalue weighted by Crippen LogP contribution is -2.02. The molecule has 0 spiro atoms. The molecule has 0 aromatic heterocycles. The first-order chi connectivity index (χ1) is 5.99. The number of hydrogen-bond donors (Lipinski definition) is 0. The number of rotatable bonds is 1. The predicted octanol–water partition coefficient (Wildman–Crippen LogP) is 3.65. The highest BCUT2D eigenvalue weighted by Crippen LogP contribution is 2.23. The van der Waals surface area contributed by atoms with E-state index in [2.05, 4.69) is 0 Å². The van der Waals surface area contributed by atoms with Crippen molar-refractivity contribution in [1.82, 2.24) is 0 Å². The van der Waals surface area contributed by atoms with Crippen molar-refractivity contribution >= 4 is 5.57 Å². The molecule has 13 heavy (non-hydrogen) atoms.